The molecule has 1 aromatic carbocycles. The summed E-state index contributed by atoms with van der Waals surface area (Å²) < 4.78 is 25.4. The summed E-state index contributed by atoms with van der Waals surface area (Å²) in [6.07, 6.45) is 0. The zero-order chi connectivity index (χ0) is 13.1. The predicted octanol–water partition coefficient (Wildman–Crippen LogP) is 1.63. The van der Waals surface area contributed by atoms with Crippen LogP contribution in [0.1, 0.15) is 13.8 Å². The van der Waals surface area contributed by atoms with Crippen molar-refractivity contribution in [3.63, 3.8) is 0 Å². The summed E-state index contributed by atoms with van der Waals surface area (Å²) in [7, 11) is -3.63. The highest BCUT2D eigenvalue weighted by Gasteiger charge is 2.23. The molecule has 0 unspecified atom stereocenters. The molecule has 94 valence electrons. The molecule has 0 fully saturated rings. The first-order chi connectivity index (χ1) is 7.93. The van der Waals surface area contributed by atoms with E-state index in [-0.39, 0.29) is 10.6 Å². The van der Waals surface area contributed by atoms with Crippen molar-refractivity contribution in [3.8, 4) is 0 Å². The molecule has 0 heterocycles. The number of nitro groups is 1. The summed E-state index contributed by atoms with van der Waals surface area (Å²) in [6, 6.07) is 5.07. The molecule has 0 aromatic heterocycles. The third kappa shape index (κ3) is 2.80. The number of hydrogen-bond donors (Lipinski definition) is 0. The van der Waals surface area contributed by atoms with Gasteiger partial charge in [0.05, 0.1) is 9.82 Å². The minimum Gasteiger partial charge on any atom is -0.258 e. The molecule has 6 nitrogen and oxygen atoms in total. The van der Waals surface area contributed by atoms with Crippen molar-refractivity contribution in [1.82, 2.24) is 4.31 Å². The average Bonchev–Trinajstić information content (AvgIpc) is 2.30. The van der Waals surface area contributed by atoms with Gasteiger partial charge in [0, 0.05) is 25.2 Å². The summed E-state index contributed by atoms with van der Waals surface area (Å²) in [6.45, 7) is 4.11. The molecule has 0 aliphatic carbocycles. The fourth-order valence-corrected chi connectivity index (χ4v) is 2.97. The van der Waals surface area contributed by atoms with E-state index in [1.807, 2.05) is 0 Å². The van der Waals surface area contributed by atoms with Gasteiger partial charge in [0.25, 0.3) is 5.69 Å². The summed E-state index contributed by atoms with van der Waals surface area (Å²) in [4.78, 5) is 9.93. The van der Waals surface area contributed by atoms with E-state index in [1.54, 1.807) is 13.8 Å². The molecule has 0 N–H and O–H groups in total. The van der Waals surface area contributed by atoms with Crippen LogP contribution < -0.4 is 0 Å². The second-order valence-corrected chi connectivity index (χ2v) is 5.28. The van der Waals surface area contributed by atoms with Crippen molar-refractivity contribution in [3.05, 3.63) is 34.4 Å². The van der Waals surface area contributed by atoms with E-state index < -0.39 is 14.9 Å². The average molecular weight is 258 g/mol. The Morgan fingerprint density at radius 2 is 1.88 bits per heavy atom. The van der Waals surface area contributed by atoms with Crippen molar-refractivity contribution >= 4 is 15.7 Å². The second kappa shape index (κ2) is 5.24. The number of hydrogen-bond acceptors (Lipinski definition) is 4. The highest BCUT2D eigenvalue weighted by Crippen LogP contribution is 2.20. The van der Waals surface area contributed by atoms with Crippen LogP contribution in [0, 0.1) is 10.1 Å². The minimum absolute atomic E-state index is 0.0459. The van der Waals surface area contributed by atoms with E-state index in [4.69, 9.17) is 0 Å². The van der Waals surface area contributed by atoms with Gasteiger partial charge in [-0.3, -0.25) is 10.1 Å². The highest BCUT2D eigenvalue weighted by molar-refractivity contribution is 7.89. The zero-order valence-corrected chi connectivity index (χ0v) is 10.5. The quantitative estimate of drug-likeness (QED) is 0.593. The molecule has 0 aliphatic heterocycles. The third-order valence-corrected chi connectivity index (χ3v) is 4.42. The Morgan fingerprint density at radius 3 is 2.35 bits per heavy atom. The Labute approximate surface area is 100 Å². The molecule has 0 saturated carbocycles. The van der Waals surface area contributed by atoms with Crippen LogP contribution in [0.15, 0.2) is 29.2 Å². The van der Waals surface area contributed by atoms with Crippen LogP contribution in [0.2, 0.25) is 0 Å². The molecule has 1 rings (SSSR count). The standard InChI is InChI=1S/C10H14N2O4S/c1-3-11(4-2)17(15,16)10-7-5-6-9(8-10)12(13)14/h5-8H,3-4H2,1-2H3. The Balaban J connectivity index is 3.24. The second-order valence-electron chi connectivity index (χ2n) is 3.34. The Hall–Kier alpha value is -1.47. The molecule has 7 heteroatoms. The number of benzene rings is 1. The van der Waals surface area contributed by atoms with E-state index in [1.165, 1.54) is 22.5 Å². The van der Waals surface area contributed by atoms with E-state index in [0.717, 1.165) is 6.07 Å². The number of nitro benzene ring substituents is 1. The van der Waals surface area contributed by atoms with Crippen LogP contribution in [0.5, 0.6) is 0 Å². The lowest BCUT2D eigenvalue weighted by molar-refractivity contribution is -0.385. The Morgan fingerprint density at radius 1 is 1.29 bits per heavy atom. The molecule has 0 radical (unpaired) electrons. The van der Waals surface area contributed by atoms with Gasteiger partial charge in [0.15, 0.2) is 0 Å². The van der Waals surface area contributed by atoms with Crippen LogP contribution in [0.3, 0.4) is 0 Å². The largest absolute Gasteiger partial charge is 0.270 e. The van der Waals surface area contributed by atoms with Gasteiger partial charge in [0.1, 0.15) is 0 Å². The first-order valence-electron chi connectivity index (χ1n) is 5.18. The van der Waals surface area contributed by atoms with Gasteiger partial charge in [0.2, 0.25) is 10.0 Å². The van der Waals surface area contributed by atoms with Gasteiger partial charge >= 0.3 is 0 Å². The molecule has 17 heavy (non-hydrogen) atoms. The third-order valence-electron chi connectivity index (χ3n) is 2.37. The van der Waals surface area contributed by atoms with Crippen LogP contribution in [0.25, 0.3) is 0 Å². The van der Waals surface area contributed by atoms with Crippen molar-refractivity contribution in [2.45, 2.75) is 18.7 Å². The maximum absolute atomic E-state index is 12.1. The van der Waals surface area contributed by atoms with E-state index in [2.05, 4.69) is 0 Å². The molecule has 0 bridgehead atoms. The van der Waals surface area contributed by atoms with Crippen molar-refractivity contribution in [1.29, 1.82) is 0 Å². The van der Waals surface area contributed by atoms with Crippen LogP contribution >= 0.6 is 0 Å². The van der Waals surface area contributed by atoms with E-state index in [0.29, 0.717) is 13.1 Å². The smallest absolute Gasteiger partial charge is 0.258 e. The lowest BCUT2D eigenvalue weighted by atomic mass is 10.3. The fourth-order valence-electron chi connectivity index (χ4n) is 1.47. The summed E-state index contributed by atoms with van der Waals surface area (Å²) in [5, 5.41) is 10.6. The predicted molar refractivity (Wildman–Crippen MR) is 63.2 cm³/mol. The molecule has 0 spiro atoms. The fraction of sp³-hybridized carbons (Fsp3) is 0.400. The Bertz CT molecular complexity index is 509. The van der Waals surface area contributed by atoms with Gasteiger partial charge in [-0.2, -0.15) is 4.31 Å². The van der Waals surface area contributed by atoms with Gasteiger partial charge in [-0.25, -0.2) is 8.42 Å². The normalized spacial score (nSPS) is 11.7. The van der Waals surface area contributed by atoms with Gasteiger partial charge in [-0.1, -0.05) is 19.9 Å². The van der Waals surface area contributed by atoms with E-state index in [9.17, 15) is 18.5 Å². The molecule has 0 atom stereocenters. The maximum atomic E-state index is 12.1. The lowest BCUT2D eigenvalue weighted by Gasteiger charge is -2.18. The first kappa shape index (κ1) is 13.6. The monoisotopic (exact) mass is 258 g/mol. The van der Waals surface area contributed by atoms with Crippen molar-refractivity contribution < 1.29 is 13.3 Å². The molecular weight excluding hydrogens is 244 g/mol. The number of nitrogens with zero attached hydrogens (tertiary/aromatic N) is 2. The Kier molecular flexibility index (Phi) is 4.19. The number of rotatable bonds is 5. The highest BCUT2D eigenvalue weighted by atomic mass is 32.2. The van der Waals surface area contributed by atoms with Crippen molar-refractivity contribution in [2.75, 3.05) is 13.1 Å². The SMILES string of the molecule is CCN(CC)S(=O)(=O)c1cccc([N+](=O)[O-])c1. The summed E-state index contributed by atoms with van der Waals surface area (Å²) >= 11 is 0. The summed E-state index contributed by atoms with van der Waals surface area (Å²) in [5.74, 6) is 0. The number of non-ortho nitro benzene ring substituents is 1. The van der Waals surface area contributed by atoms with Gasteiger partial charge < -0.3 is 0 Å². The van der Waals surface area contributed by atoms with Gasteiger partial charge in [-0.05, 0) is 6.07 Å². The summed E-state index contributed by atoms with van der Waals surface area (Å²) in [5.41, 5.74) is -0.224. The zero-order valence-electron chi connectivity index (χ0n) is 9.66. The molecule has 1 aromatic rings. The first-order valence-corrected chi connectivity index (χ1v) is 6.62. The van der Waals surface area contributed by atoms with Crippen LogP contribution in [0.4, 0.5) is 5.69 Å². The van der Waals surface area contributed by atoms with Gasteiger partial charge in [-0.15, -0.1) is 0 Å². The topological polar surface area (TPSA) is 80.5 Å². The molecule has 0 saturated heterocycles. The molecular formula is C10H14N2O4S. The van der Waals surface area contributed by atoms with Crippen LogP contribution in [-0.4, -0.2) is 30.7 Å². The molecule has 0 amide bonds. The number of sulfonamides is 1. The van der Waals surface area contributed by atoms with Crippen LogP contribution in [-0.2, 0) is 10.0 Å². The molecule has 0 aliphatic rings. The minimum atomic E-state index is -3.63. The van der Waals surface area contributed by atoms with E-state index >= 15 is 0 Å². The maximum Gasteiger partial charge on any atom is 0.270 e. The van der Waals surface area contributed by atoms with Crippen molar-refractivity contribution in [2.24, 2.45) is 0 Å². The lowest BCUT2D eigenvalue weighted by Crippen LogP contribution is -2.30.